The van der Waals surface area contributed by atoms with Gasteiger partial charge in [0.15, 0.2) is 11.5 Å². The van der Waals surface area contributed by atoms with E-state index in [-0.39, 0.29) is 5.56 Å². The molecule has 186 valence electrons. The fourth-order valence-electron chi connectivity index (χ4n) is 3.03. The normalized spacial score (nSPS) is 10.6. The first-order chi connectivity index (χ1) is 17.3. The van der Waals surface area contributed by atoms with Gasteiger partial charge in [0.05, 0.1) is 17.3 Å². The zero-order chi connectivity index (χ0) is 26.1. The van der Waals surface area contributed by atoms with Crippen LogP contribution in [0.25, 0.3) is 0 Å². The standard InChI is InChI=1S/C26H25BrN4O5/c1-3-35-22-13-18(12-21(27)23(22)36-15-17-6-4-16(2)5-7-17)14-29-31-26(34)25(33)30-20-10-8-19(9-11-20)24(28)32/h4-14H,3,15H2,1-2H3,(H2,28,32)(H,30,33)(H,31,34)/b29-14+. The highest BCUT2D eigenvalue weighted by Crippen LogP contribution is 2.37. The zero-order valence-corrected chi connectivity index (χ0v) is 21.3. The third kappa shape index (κ3) is 7.41. The van der Waals surface area contributed by atoms with E-state index in [1.807, 2.05) is 38.1 Å². The molecule has 10 heteroatoms. The van der Waals surface area contributed by atoms with Crippen molar-refractivity contribution in [2.45, 2.75) is 20.5 Å². The Balaban J connectivity index is 1.62. The quantitative estimate of drug-likeness (QED) is 0.210. The van der Waals surface area contributed by atoms with Crippen LogP contribution in [0.15, 0.2) is 70.2 Å². The molecule has 0 saturated heterocycles. The molecule has 0 aliphatic carbocycles. The van der Waals surface area contributed by atoms with Crippen LogP contribution >= 0.6 is 15.9 Å². The first-order valence-electron chi connectivity index (χ1n) is 11.0. The van der Waals surface area contributed by atoms with Gasteiger partial charge in [-0.2, -0.15) is 5.10 Å². The van der Waals surface area contributed by atoms with E-state index in [9.17, 15) is 14.4 Å². The Labute approximate surface area is 216 Å². The molecule has 0 aliphatic rings. The van der Waals surface area contributed by atoms with E-state index in [0.29, 0.717) is 40.4 Å². The minimum Gasteiger partial charge on any atom is -0.490 e. The van der Waals surface area contributed by atoms with Crippen LogP contribution in [0.4, 0.5) is 5.69 Å². The Morgan fingerprint density at radius 3 is 2.33 bits per heavy atom. The van der Waals surface area contributed by atoms with Gasteiger partial charge in [0, 0.05) is 11.3 Å². The summed E-state index contributed by atoms with van der Waals surface area (Å²) in [5.74, 6) is -1.43. The van der Waals surface area contributed by atoms with E-state index in [0.717, 1.165) is 5.56 Å². The van der Waals surface area contributed by atoms with Gasteiger partial charge in [0.1, 0.15) is 6.61 Å². The van der Waals surface area contributed by atoms with Crippen LogP contribution in [-0.2, 0) is 16.2 Å². The van der Waals surface area contributed by atoms with Gasteiger partial charge in [0.25, 0.3) is 0 Å². The number of hydrazone groups is 1. The number of carbonyl (C=O) groups is 3. The van der Waals surface area contributed by atoms with Gasteiger partial charge in [-0.15, -0.1) is 0 Å². The molecule has 3 amide bonds. The predicted molar refractivity (Wildman–Crippen MR) is 140 cm³/mol. The average molecular weight is 553 g/mol. The summed E-state index contributed by atoms with van der Waals surface area (Å²) >= 11 is 3.50. The maximum absolute atomic E-state index is 12.1. The molecule has 3 aromatic rings. The van der Waals surface area contributed by atoms with E-state index < -0.39 is 17.7 Å². The third-order valence-electron chi connectivity index (χ3n) is 4.85. The molecular formula is C26H25BrN4O5. The molecule has 0 spiro atoms. The van der Waals surface area contributed by atoms with E-state index in [2.05, 4.69) is 31.8 Å². The van der Waals surface area contributed by atoms with Crippen molar-refractivity contribution in [3.05, 3.63) is 87.4 Å². The number of nitrogens with one attached hydrogen (secondary N) is 2. The van der Waals surface area contributed by atoms with Gasteiger partial charge in [-0.05, 0) is 77.3 Å². The summed E-state index contributed by atoms with van der Waals surface area (Å²) in [5.41, 5.74) is 10.8. The molecule has 4 N–H and O–H groups in total. The van der Waals surface area contributed by atoms with Crippen LogP contribution in [0.5, 0.6) is 11.5 Å². The monoisotopic (exact) mass is 552 g/mol. The largest absolute Gasteiger partial charge is 0.490 e. The number of ether oxygens (including phenoxy) is 2. The lowest BCUT2D eigenvalue weighted by Crippen LogP contribution is -2.32. The van der Waals surface area contributed by atoms with Gasteiger partial charge >= 0.3 is 11.8 Å². The topological polar surface area (TPSA) is 132 Å². The van der Waals surface area contributed by atoms with Crippen LogP contribution in [-0.4, -0.2) is 30.5 Å². The van der Waals surface area contributed by atoms with Gasteiger partial charge < -0.3 is 20.5 Å². The Morgan fingerprint density at radius 1 is 1.00 bits per heavy atom. The number of rotatable bonds is 9. The van der Waals surface area contributed by atoms with Crippen LogP contribution in [0.2, 0.25) is 0 Å². The lowest BCUT2D eigenvalue weighted by atomic mass is 10.2. The fourth-order valence-corrected chi connectivity index (χ4v) is 3.60. The highest BCUT2D eigenvalue weighted by molar-refractivity contribution is 9.10. The molecule has 0 aromatic heterocycles. The Kier molecular flexibility index (Phi) is 9.18. The van der Waals surface area contributed by atoms with Crippen LogP contribution in [0.3, 0.4) is 0 Å². The van der Waals surface area contributed by atoms with E-state index >= 15 is 0 Å². The Morgan fingerprint density at radius 2 is 1.69 bits per heavy atom. The SMILES string of the molecule is CCOc1cc(/C=N/NC(=O)C(=O)Nc2ccc(C(N)=O)cc2)cc(Br)c1OCc1ccc(C)cc1. The van der Waals surface area contributed by atoms with Crippen molar-refractivity contribution in [2.75, 3.05) is 11.9 Å². The minimum atomic E-state index is -0.965. The molecule has 36 heavy (non-hydrogen) atoms. The molecule has 0 saturated carbocycles. The van der Waals surface area contributed by atoms with E-state index in [1.165, 1.54) is 36.0 Å². The number of nitrogens with two attached hydrogens (primary N) is 1. The number of anilines is 1. The number of primary amides is 1. The minimum absolute atomic E-state index is 0.284. The second kappa shape index (κ2) is 12.5. The maximum atomic E-state index is 12.1. The van der Waals surface area contributed by atoms with Crippen LogP contribution < -0.4 is 25.9 Å². The van der Waals surface area contributed by atoms with Gasteiger partial charge in [0.2, 0.25) is 5.91 Å². The molecule has 9 nitrogen and oxygen atoms in total. The number of carbonyl (C=O) groups excluding carboxylic acids is 3. The fraction of sp³-hybridized carbons (Fsp3) is 0.154. The van der Waals surface area contributed by atoms with Gasteiger partial charge in [-0.3, -0.25) is 14.4 Å². The summed E-state index contributed by atoms with van der Waals surface area (Å²) in [7, 11) is 0. The number of nitrogens with zero attached hydrogens (tertiary/aromatic N) is 1. The number of hydrogen-bond acceptors (Lipinski definition) is 6. The molecular weight excluding hydrogens is 528 g/mol. The summed E-state index contributed by atoms with van der Waals surface area (Å²) in [6.07, 6.45) is 1.38. The molecule has 0 radical (unpaired) electrons. The number of aryl methyl sites for hydroxylation is 1. The second-order valence-corrected chi connectivity index (χ2v) is 8.49. The molecule has 3 rings (SSSR count). The van der Waals surface area contributed by atoms with Gasteiger partial charge in [-0.1, -0.05) is 29.8 Å². The molecule has 3 aromatic carbocycles. The Hall–Kier alpha value is -4.18. The predicted octanol–water partition coefficient (Wildman–Crippen LogP) is 3.92. The molecule has 0 bridgehead atoms. The molecule has 0 aliphatic heterocycles. The van der Waals surface area contributed by atoms with Crippen molar-refractivity contribution >= 4 is 45.6 Å². The molecule has 0 fully saturated rings. The van der Waals surface area contributed by atoms with Gasteiger partial charge in [-0.25, -0.2) is 5.43 Å². The van der Waals surface area contributed by atoms with E-state index in [4.69, 9.17) is 15.2 Å². The highest BCUT2D eigenvalue weighted by Gasteiger charge is 2.14. The average Bonchev–Trinajstić information content (AvgIpc) is 2.85. The first-order valence-corrected chi connectivity index (χ1v) is 11.7. The lowest BCUT2D eigenvalue weighted by Gasteiger charge is -2.15. The van der Waals surface area contributed by atoms with Crippen molar-refractivity contribution in [3.63, 3.8) is 0 Å². The summed E-state index contributed by atoms with van der Waals surface area (Å²) in [6.45, 7) is 4.67. The number of hydrogen-bond donors (Lipinski definition) is 3. The van der Waals surface area contributed by atoms with Crippen molar-refractivity contribution < 1.29 is 23.9 Å². The smallest absolute Gasteiger partial charge is 0.329 e. The van der Waals surface area contributed by atoms with Crippen LogP contribution in [0, 0.1) is 6.92 Å². The molecule has 0 heterocycles. The highest BCUT2D eigenvalue weighted by atomic mass is 79.9. The summed E-state index contributed by atoms with van der Waals surface area (Å²) in [5, 5.41) is 6.26. The third-order valence-corrected chi connectivity index (χ3v) is 5.44. The van der Waals surface area contributed by atoms with Crippen molar-refractivity contribution in [3.8, 4) is 11.5 Å². The second-order valence-electron chi connectivity index (χ2n) is 7.63. The van der Waals surface area contributed by atoms with Crippen molar-refractivity contribution in [1.82, 2.24) is 5.43 Å². The van der Waals surface area contributed by atoms with Crippen molar-refractivity contribution in [1.29, 1.82) is 0 Å². The summed E-state index contributed by atoms with van der Waals surface area (Å²) in [6, 6.07) is 17.3. The maximum Gasteiger partial charge on any atom is 0.329 e. The van der Waals surface area contributed by atoms with Crippen molar-refractivity contribution in [2.24, 2.45) is 10.8 Å². The number of benzene rings is 3. The van der Waals surface area contributed by atoms with Crippen LogP contribution in [0.1, 0.15) is 34.0 Å². The number of halogens is 1. The Bertz CT molecular complexity index is 1270. The summed E-state index contributed by atoms with van der Waals surface area (Å²) in [4.78, 5) is 35.3. The molecule has 0 atom stereocenters. The summed E-state index contributed by atoms with van der Waals surface area (Å²) < 4.78 is 12.4. The molecule has 0 unspecified atom stereocenters. The first kappa shape index (κ1) is 26.4. The van der Waals surface area contributed by atoms with E-state index in [1.54, 1.807) is 12.1 Å². The lowest BCUT2D eigenvalue weighted by molar-refractivity contribution is -0.136. The number of amides is 3. The zero-order valence-electron chi connectivity index (χ0n) is 19.7.